The van der Waals surface area contributed by atoms with Gasteiger partial charge in [-0.25, -0.2) is 4.79 Å². The zero-order valence-corrected chi connectivity index (χ0v) is 15.6. The minimum absolute atomic E-state index is 0.0214. The molecule has 5 nitrogen and oxygen atoms in total. The van der Waals surface area contributed by atoms with E-state index in [0.717, 1.165) is 11.1 Å². The number of hydrogen-bond donors (Lipinski definition) is 0. The molecule has 0 spiro atoms. The molecule has 0 N–H and O–H groups in total. The molecule has 2 fully saturated rings. The van der Waals surface area contributed by atoms with E-state index in [4.69, 9.17) is 14.2 Å². The molecule has 4 atom stereocenters. The number of benzene rings is 2. The van der Waals surface area contributed by atoms with Gasteiger partial charge in [-0.3, -0.25) is 0 Å². The van der Waals surface area contributed by atoms with E-state index >= 15 is 0 Å². The average Bonchev–Trinajstić information content (AvgIpc) is 3.30. The topological polar surface area (TPSA) is 68.6 Å². The van der Waals surface area contributed by atoms with Crippen molar-refractivity contribution in [2.45, 2.75) is 25.2 Å². The average molecular weight is 375 g/mol. The normalized spacial score (nSPS) is 25.6. The summed E-state index contributed by atoms with van der Waals surface area (Å²) in [5, 5.41) is 9.82. The van der Waals surface area contributed by atoms with Crippen LogP contribution in [-0.2, 0) is 19.0 Å². The summed E-state index contributed by atoms with van der Waals surface area (Å²) in [7, 11) is 0. The Kier molecular flexibility index (Phi) is 5.25. The maximum absolute atomic E-state index is 13.0. The Bertz CT molecular complexity index is 875. The largest absolute Gasteiger partial charge is 0.453 e. The number of ether oxygens (including phenoxy) is 3. The van der Waals surface area contributed by atoms with Crippen LogP contribution in [0.15, 0.2) is 66.2 Å². The highest BCUT2D eigenvalue weighted by atomic mass is 16.6. The summed E-state index contributed by atoms with van der Waals surface area (Å²) in [6.45, 7) is 2.93. The lowest BCUT2D eigenvalue weighted by molar-refractivity contribution is -0.148. The predicted molar refractivity (Wildman–Crippen MR) is 103 cm³/mol. The lowest BCUT2D eigenvalue weighted by atomic mass is 9.93. The molecule has 0 radical (unpaired) electrons. The van der Waals surface area contributed by atoms with Gasteiger partial charge in [-0.2, -0.15) is 5.26 Å². The monoisotopic (exact) mass is 375 g/mol. The molecule has 2 aliphatic heterocycles. The number of esters is 1. The van der Waals surface area contributed by atoms with Gasteiger partial charge < -0.3 is 14.2 Å². The molecule has 2 heterocycles. The van der Waals surface area contributed by atoms with Crippen molar-refractivity contribution in [1.82, 2.24) is 0 Å². The Hall–Kier alpha value is -2.94. The first kappa shape index (κ1) is 18.4. The van der Waals surface area contributed by atoms with Crippen molar-refractivity contribution in [2.24, 2.45) is 5.92 Å². The first-order chi connectivity index (χ1) is 13.7. The minimum Gasteiger partial charge on any atom is -0.453 e. The van der Waals surface area contributed by atoms with E-state index in [1.54, 1.807) is 0 Å². The van der Waals surface area contributed by atoms with E-state index in [1.165, 1.54) is 0 Å². The molecule has 0 bridgehead atoms. The van der Waals surface area contributed by atoms with Gasteiger partial charge in [0.15, 0.2) is 6.10 Å². The third kappa shape index (κ3) is 3.45. The summed E-state index contributed by atoms with van der Waals surface area (Å²) in [6.07, 6.45) is -0.829. The molecule has 0 amide bonds. The van der Waals surface area contributed by atoms with Gasteiger partial charge in [0.1, 0.15) is 17.7 Å². The van der Waals surface area contributed by atoms with E-state index in [0.29, 0.717) is 12.2 Å². The molecular weight excluding hydrogens is 354 g/mol. The van der Waals surface area contributed by atoms with Gasteiger partial charge in [0.2, 0.25) is 0 Å². The Morgan fingerprint density at radius 1 is 0.964 bits per heavy atom. The molecule has 2 aromatic carbocycles. The second kappa shape index (κ2) is 7.97. The van der Waals surface area contributed by atoms with E-state index in [2.05, 4.69) is 13.0 Å². The van der Waals surface area contributed by atoms with Crippen molar-refractivity contribution in [3.05, 3.63) is 77.4 Å². The van der Waals surface area contributed by atoms with Crippen LogP contribution in [0.3, 0.4) is 0 Å². The van der Waals surface area contributed by atoms with Gasteiger partial charge in [-0.1, -0.05) is 67.6 Å². The summed E-state index contributed by atoms with van der Waals surface area (Å²) < 4.78 is 17.2. The van der Waals surface area contributed by atoms with Crippen LogP contribution >= 0.6 is 0 Å². The van der Waals surface area contributed by atoms with Gasteiger partial charge in [-0.15, -0.1) is 0 Å². The Morgan fingerprint density at radius 3 is 2.11 bits per heavy atom. The van der Waals surface area contributed by atoms with Gasteiger partial charge in [0.25, 0.3) is 0 Å². The van der Waals surface area contributed by atoms with E-state index in [-0.39, 0.29) is 30.3 Å². The van der Waals surface area contributed by atoms with Crippen LogP contribution in [0.4, 0.5) is 0 Å². The smallest absolute Gasteiger partial charge is 0.350 e. The highest BCUT2D eigenvalue weighted by molar-refractivity contribution is 6.05. The third-order valence-corrected chi connectivity index (χ3v) is 5.20. The van der Waals surface area contributed by atoms with Crippen LogP contribution in [-0.4, -0.2) is 37.5 Å². The molecule has 28 heavy (non-hydrogen) atoms. The van der Waals surface area contributed by atoms with Crippen molar-refractivity contribution >= 4 is 11.5 Å². The second-order valence-electron chi connectivity index (χ2n) is 7.11. The highest BCUT2D eigenvalue weighted by Crippen LogP contribution is 2.33. The van der Waals surface area contributed by atoms with E-state index in [1.807, 2.05) is 60.7 Å². The molecule has 2 unspecified atom stereocenters. The third-order valence-electron chi connectivity index (χ3n) is 5.20. The summed E-state index contributed by atoms with van der Waals surface area (Å²) >= 11 is 0. The zero-order valence-electron chi connectivity index (χ0n) is 15.6. The van der Waals surface area contributed by atoms with Crippen molar-refractivity contribution < 1.29 is 19.0 Å². The lowest BCUT2D eigenvalue weighted by Crippen LogP contribution is -2.33. The van der Waals surface area contributed by atoms with Crippen LogP contribution in [0.1, 0.15) is 18.1 Å². The highest BCUT2D eigenvalue weighted by Gasteiger charge is 2.48. The SMILES string of the molecule is C[C@H]1COC2C1OC[C@H]2OC(=O)C(C#N)=C(c1ccccc1)c1ccccc1. The molecule has 0 saturated carbocycles. The number of nitrogens with zero attached hydrogens (tertiary/aromatic N) is 1. The van der Waals surface area contributed by atoms with Crippen LogP contribution < -0.4 is 0 Å². The molecule has 4 rings (SSSR count). The summed E-state index contributed by atoms with van der Waals surface area (Å²) in [6, 6.07) is 20.9. The molecule has 0 aliphatic carbocycles. The Morgan fingerprint density at radius 2 is 1.54 bits per heavy atom. The summed E-state index contributed by atoms with van der Waals surface area (Å²) in [5.41, 5.74) is 2.11. The minimum atomic E-state index is -0.650. The number of fused-ring (bicyclic) bond motifs is 1. The first-order valence-corrected chi connectivity index (χ1v) is 9.38. The number of carbonyl (C=O) groups is 1. The van der Waals surface area contributed by atoms with Crippen molar-refractivity contribution in [3.8, 4) is 6.07 Å². The predicted octanol–water partition coefficient (Wildman–Crippen LogP) is 3.36. The van der Waals surface area contributed by atoms with Gasteiger partial charge in [-0.05, 0) is 11.1 Å². The molecule has 0 aromatic heterocycles. The molecule has 2 aromatic rings. The summed E-state index contributed by atoms with van der Waals surface area (Å²) in [4.78, 5) is 13.0. The fraction of sp³-hybridized carbons (Fsp3) is 0.304. The van der Waals surface area contributed by atoms with Gasteiger partial charge in [0.05, 0.1) is 19.3 Å². The number of rotatable bonds is 4. The molecule has 2 saturated heterocycles. The van der Waals surface area contributed by atoms with Crippen LogP contribution in [0.5, 0.6) is 0 Å². The van der Waals surface area contributed by atoms with Crippen LogP contribution in [0, 0.1) is 17.2 Å². The molecule has 5 heteroatoms. The quantitative estimate of drug-likeness (QED) is 0.466. The van der Waals surface area contributed by atoms with Crippen molar-refractivity contribution in [2.75, 3.05) is 13.2 Å². The second-order valence-corrected chi connectivity index (χ2v) is 7.11. The maximum atomic E-state index is 13.0. The maximum Gasteiger partial charge on any atom is 0.350 e. The number of nitriles is 1. The van der Waals surface area contributed by atoms with Crippen molar-refractivity contribution in [1.29, 1.82) is 5.26 Å². The first-order valence-electron chi connectivity index (χ1n) is 9.38. The Labute approximate surface area is 164 Å². The number of hydrogen-bond acceptors (Lipinski definition) is 5. The van der Waals surface area contributed by atoms with Gasteiger partial charge in [0, 0.05) is 11.5 Å². The van der Waals surface area contributed by atoms with Crippen molar-refractivity contribution in [3.63, 3.8) is 0 Å². The fourth-order valence-electron chi connectivity index (χ4n) is 3.82. The Balaban J connectivity index is 1.68. The molecular formula is C23H21NO4. The fourth-order valence-corrected chi connectivity index (χ4v) is 3.82. The number of carbonyl (C=O) groups excluding carboxylic acids is 1. The molecule has 2 aliphatic rings. The van der Waals surface area contributed by atoms with E-state index in [9.17, 15) is 10.1 Å². The van der Waals surface area contributed by atoms with Gasteiger partial charge >= 0.3 is 5.97 Å². The summed E-state index contributed by atoms with van der Waals surface area (Å²) in [5.74, 6) is -0.383. The van der Waals surface area contributed by atoms with E-state index < -0.39 is 12.1 Å². The zero-order chi connectivity index (χ0) is 19.5. The lowest BCUT2D eigenvalue weighted by Gasteiger charge is -2.18. The van der Waals surface area contributed by atoms with Crippen LogP contribution in [0.2, 0.25) is 0 Å². The molecule has 142 valence electrons. The van der Waals surface area contributed by atoms with Crippen LogP contribution in [0.25, 0.3) is 5.57 Å². The standard InChI is InChI=1S/C23H21NO4/c1-15-13-26-22-19(14-27-21(15)22)28-23(25)18(12-24)20(16-8-4-2-5-9-16)17-10-6-3-7-11-17/h2-11,15,19,21-22H,13-14H2,1H3/t15-,19+,21?,22?/m0/s1.